The molecule has 20 heavy (non-hydrogen) atoms. The minimum Gasteiger partial charge on any atom is -0.314 e. The minimum absolute atomic E-state index is 0.00882. The van der Waals surface area contributed by atoms with Crippen LogP contribution in [0.2, 0.25) is 0 Å². The van der Waals surface area contributed by atoms with E-state index in [0.717, 1.165) is 4.31 Å². The highest BCUT2D eigenvalue weighted by Crippen LogP contribution is 2.22. The van der Waals surface area contributed by atoms with Gasteiger partial charge < -0.3 is 5.32 Å². The summed E-state index contributed by atoms with van der Waals surface area (Å²) >= 11 is 0. The second-order valence-electron chi connectivity index (χ2n) is 4.89. The number of anilines is 1. The largest absolute Gasteiger partial charge is 0.314 e. The molecule has 0 spiro atoms. The van der Waals surface area contributed by atoms with Crippen LogP contribution in [0.3, 0.4) is 0 Å². The monoisotopic (exact) mass is 302 g/mol. The number of nitrogens with zero attached hydrogens (tertiary/aromatic N) is 1. The first kappa shape index (κ1) is 16.9. The van der Waals surface area contributed by atoms with E-state index in [-0.39, 0.29) is 18.0 Å². The van der Waals surface area contributed by atoms with Crippen molar-refractivity contribution in [2.75, 3.05) is 23.1 Å². The maximum Gasteiger partial charge on any atom is 0.235 e. The Bertz CT molecular complexity index is 518. The molecule has 0 unspecified atom stereocenters. The topological polar surface area (TPSA) is 49.4 Å². The van der Waals surface area contributed by atoms with Gasteiger partial charge >= 0.3 is 0 Å². The number of nitrogens with one attached hydrogen (secondary N) is 1. The van der Waals surface area contributed by atoms with Crippen molar-refractivity contribution in [3.8, 4) is 0 Å². The molecule has 0 saturated carbocycles. The number of para-hydroxylation sites is 1. The van der Waals surface area contributed by atoms with Crippen molar-refractivity contribution in [2.45, 2.75) is 33.2 Å². The number of benzene rings is 1. The molecular weight excluding hydrogens is 279 g/mol. The summed E-state index contributed by atoms with van der Waals surface area (Å²) in [5, 5.41) is 3.17. The van der Waals surface area contributed by atoms with Gasteiger partial charge in [0.05, 0.1) is 11.4 Å². The molecule has 0 saturated heterocycles. The van der Waals surface area contributed by atoms with Gasteiger partial charge in [0, 0.05) is 12.6 Å². The fourth-order valence-electron chi connectivity index (χ4n) is 1.93. The fourth-order valence-corrected chi connectivity index (χ4v) is 3.50. The van der Waals surface area contributed by atoms with Gasteiger partial charge in [-0.25, -0.2) is 12.8 Å². The Morgan fingerprint density at radius 1 is 1.30 bits per heavy atom. The van der Waals surface area contributed by atoms with Crippen LogP contribution >= 0.6 is 0 Å². The minimum atomic E-state index is -3.49. The van der Waals surface area contributed by atoms with Crippen LogP contribution in [0, 0.1) is 5.82 Å². The molecule has 1 aromatic carbocycles. The molecule has 6 heteroatoms. The lowest BCUT2D eigenvalue weighted by Crippen LogP contribution is -2.35. The maximum atomic E-state index is 13.7. The first-order valence-electron chi connectivity index (χ1n) is 6.86. The first-order chi connectivity index (χ1) is 9.38. The van der Waals surface area contributed by atoms with Crippen LogP contribution in [0.15, 0.2) is 24.3 Å². The molecule has 1 rings (SSSR count). The molecule has 0 radical (unpaired) electrons. The second kappa shape index (κ2) is 7.59. The second-order valence-corrected chi connectivity index (χ2v) is 6.91. The third kappa shape index (κ3) is 4.76. The molecule has 0 heterocycles. The molecule has 0 aliphatic heterocycles. The van der Waals surface area contributed by atoms with Gasteiger partial charge in [-0.05, 0) is 32.0 Å². The van der Waals surface area contributed by atoms with Crippen LogP contribution in [0.1, 0.15) is 27.2 Å². The quantitative estimate of drug-likeness (QED) is 0.750. The van der Waals surface area contributed by atoms with Gasteiger partial charge in [-0.3, -0.25) is 4.31 Å². The Morgan fingerprint density at radius 2 is 1.95 bits per heavy atom. The molecule has 0 bridgehead atoms. The van der Waals surface area contributed by atoms with Crippen LogP contribution in [0.4, 0.5) is 10.1 Å². The lowest BCUT2D eigenvalue weighted by molar-refractivity contribution is 0.565. The molecule has 0 aromatic heterocycles. The summed E-state index contributed by atoms with van der Waals surface area (Å²) in [7, 11) is -3.49. The van der Waals surface area contributed by atoms with Crippen molar-refractivity contribution >= 4 is 15.7 Å². The smallest absolute Gasteiger partial charge is 0.235 e. The summed E-state index contributed by atoms with van der Waals surface area (Å²) < 4.78 is 39.5. The molecule has 4 nitrogen and oxygen atoms in total. The third-order valence-electron chi connectivity index (χ3n) is 2.88. The summed E-state index contributed by atoms with van der Waals surface area (Å²) in [4.78, 5) is 0. The van der Waals surface area contributed by atoms with E-state index >= 15 is 0 Å². The molecule has 0 fully saturated rings. The highest BCUT2D eigenvalue weighted by molar-refractivity contribution is 7.92. The van der Waals surface area contributed by atoms with Crippen LogP contribution in [0.25, 0.3) is 0 Å². The number of sulfonamides is 1. The Kier molecular flexibility index (Phi) is 6.42. The van der Waals surface area contributed by atoms with Gasteiger partial charge in [0.25, 0.3) is 0 Å². The molecule has 0 atom stereocenters. The standard InChI is InChI=1S/C14H23FN2O2S/c1-4-17(14-9-6-5-8-13(14)15)20(18,19)11-7-10-16-12(2)3/h5-6,8-9,12,16H,4,7,10-11H2,1-3H3. The van der Waals surface area contributed by atoms with E-state index in [1.807, 2.05) is 13.8 Å². The number of rotatable bonds is 8. The zero-order valence-corrected chi connectivity index (χ0v) is 13.1. The van der Waals surface area contributed by atoms with Crippen LogP contribution in [-0.4, -0.2) is 33.3 Å². The van der Waals surface area contributed by atoms with Crippen molar-refractivity contribution in [3.63, 3.8) is 0 Å². The number of hydrogen-bond donors (Lipinski definition) is 1. The lowest BCUT2D eigenvalue weighted by Gasteiger charge is -2.23. The SMILES string of the molecule is CCN(c1ccccc1F)S(=O)(=O)CCCNC(C)C. The van der Waals surface area contributed by atoms with Gasteiger partial charge in [0.2, 0.25) is 10.0 Å². The summed E-state index contributed by atoms with van der Waals surface area (Å²) in [6, 6.07) is 6.27. The van der Waals surface area contributed by atoms with Gasteiger partial charge in [-0.2, -0.15) is 0 Å². The van der Waals surface area contributed by atoms with Crippen molar-refractivity contribution in [1.82, 2.24) is 5.32 Å². The number of halogens is 1. The van der Waals surface area contributed by atoms with E-state index in [1.54, 1.807) is 19.1 Å². The third-order valence-corrected chi connectivity index (χ3v) is 4.81. The first-order valence-corrected chi connectivity index (χ1v) is 8.47. The summed E-state index contributed by atoms with van der Waals surface area (Å²) in [5.41, 5.74) is 0.117. The number of hydrogen-bond acceptors (Lipinski definition) is 3. The van der Waals surface area contributed by atoms with Crippen LogP contribution in [-0.2, 0) is 10.0 Å². The zero-order valence-electron chi connectivity index (χ0n) is 12.3. The van der Waals surface area contributed by atoms with Crippen molar-refractivity contribution in [2.24, 2.45) is 0 Å². The van der Waals surface area contributed by atoms with Crippen LogP contribution in [0.5, 0.6) is 0 Å². The molecule has 1 N–H and O–H groups in total. The Balaban J connectivity index is 2.76. The predicted molar refractivity (Wildman–Crippen MR) is 81.0 cm³/mol. The van der Waals surface area contributed by atoms with Crippen molar-refractivity contribution in [1.29, 1.82) is 0 Å². The summed E-state index contributed by atoms with van der Waals surface area (Å²) in [6.07, 6.45) is 0.505. The van der Waals surface area contributed by atoms with E-state index < -0.39 is 15.8 Å². The van der Waals surface area contributed by atoms with E-state index in [4.69, 9.17) is 0 Å². The highest BCUT2D eigenvalue weighted by Gasteiger charge is 2.22. The van der Waals surface area contributed by atoms with E-state index in [0.29, 0.717) is 19.0 Å². The molecule has 0 aliphatic carbocycles. The van der Waals surface area contributed by atoms with Gasteiger partial charge in [0.15, 0.2) is 0 Å². The van der Waals surface area contributed by atoms with Gasteiger partial charge in [-0.15, -0.1) is 0 Å². The Labute approximate surface area is 121 Å². The fraction of sp³-hybridized carbons (Fsp3) is 0.571. The normalized spacial score (nSPS) is 11.8. The average Bonchev–Trinajstić information content (AvgIpc) is 2.37. The van der Waals surface area contributed by atoms with Gasteiger partial charge in [-0.1, -0.05) is 26.0 Å². The Morgan fingerprint density at radius 3 is 2.50 bits per heavy atom. The van der Waals surface area contributed by atoms with E-state index in [9.17, 15) is 12.8 Å². The lowest BCUT2D eigenvalue weighted by atomic mass is 10.3. The van der Waals surface area contributed by atoms with Crippen LogP contribution < -0.4 is 9.62 Å². The van der Waals surface area contributed by atoms with E-state index in [2.05, 4.69) is 5.32 Å². The molecular formula is C14H23FN2O2S. The Hall–Kier alpha value is -1.14. The molecule has 0 aliphatic rings. The van der Waals surface area contributed by atoms with Crippen molar-refractivity contribution in [3.05, 3.63) is 30.1 Å². The van der Waals surface area contributed by atoms with Gasteiger partial charge in [0.1, 0.15) is 5.82 Å². The summed E-state index contributed by atoms with van der Waals surface area (Å²) in [6.45, 7) is 6.57. The summed E-state index contributed by atoms with van der Waals surface area (Å²) in [5.74, 6) is -0.507. The molecule has 114 valence electrons. The zero-order chi connectivity index (χ0) is 15.2. The average molecular weight is 302 g/mol. The van der Waals surface area contributed by atoms with E-state index in [1.165, 1.54) is 12.1 Å². The molecule has 1 aromatic rings. The predicted octanol–water partition coefficient (Wildman–Crippen LogP) is 2.37. The van der Waals surface area contributed by atoms with Crippen molar-refractivity contribution < 1.29 is 12.8 Å². The molecule has 0 amide bonds. The maximum absolute atomic E-state index is 13.7. The highest BCUT2D eigenvalue weighted by atomic mass is 32.2.